The second-order valence-electron chi connectivity index (χ2n) is 9.31. The zero-order valence-electron chi connectivity index (χ0n) is 22.4. The third kappa shape index (κ3) is 9.59. The molecule has 13 heteroatoms. The van der Waals surface area contributed by atoms with Crippen LogP contribution in [0.5, 0.6) is 0 Å². The Morgan fingerprint density at radius 2 is 1.81 bits per heavy atom. The molecule has 3 N–H and O–H groups in total. The summed E-state index contributed by atoms with van der Waals surface area (Å²) in [6.07, 6.45) is -4.37. The molecule has 0 spiro atoms. The first kappa shape index (κ1) is 32.1. The van der Waals surface area contributed by atoms with Crippen LogP contribution in [0.3, 0.4) is 0 Å². The van der Waals surface area contributed by atoms with Crippen LogP contribution in [0.25, 0.3) is 0 Å². The fraction of sp³-hybridized carbons (Fsp3) is 0.310. The molecule has 0 radical (unpaired) electrons. The molecule has 3 rings (SSSR count). The van der Waals surface area contributed by atoms with Gasteiger partial charge >= 0.3 is 24.5 Å². The van der Waals surface area contributed by atoms with Crippen LogP contribution in [0.2, 0.25) is 0 Å². The van der Waals surface area contributed by atoms with Crippen molar-refractivity contribution in [2.24, 2.45) is 0 Å². The maximum Gasteiger partial charge on any atom is 0.416 e. The van der Waals surface area contributed by atoms with Gasteiger partial charge in [0, 0.05) is 25.3 Å². The highest BCUT2D eigenvalue weighted by molar-refractivity contribution is 5.85. The molecule has 2 aromatic rings. The maximum atomic E-state index is 13.1. The first-order valence-corrected chi connectivity index (χ1v) is 12.7. The number of halogens is 6. The Balaban J connectivity index is 1.74. The molecule has 3 amide bonds. The summed E-state index contributed by atoms with van der Waals surface area (Å²) in [7, 11) is 0. The second-order valence-corrected chi connectivity index (χ2v) is 9.31. The smallest absolute Gasteiger partial charge is 0.416 e. The minimum atomic E-state index is -4.69. The molecule has 0 bridgehead atoms. The molecule has 1 heterocycles. The van der Waals surface area contributed by atoms with E-state index in [2.05, 4.69) is 16.0 Å². The topological polar surface area (TPSA) is 82.7 Å². The van der Waals surface area contributed by atoms with Gasteiger partial charge in [-0.05, 0) is 43.2 Å². The summed E-state index contributed by atoms with van der Waals surface area (Å²) in [6.45, 7) is 2.26. The van der Waals surface area contributed by atoms with E-state index in [0.717, 1.165) is 29.8 Å². The normalized spacial score (nSPS) is 18.5. The number of hydrogen-bond acceptors (Lipinski definition) is 4. The van der Waals surface area contributed by atoms with Gasteiger partial charge in [0.1, 0.15) is 6.10 Å². The number of allylic oxidation sites excluding steroid dienone is 4. The molecule has 1 aliphatic heterocycles. The van der Waals surface area contributed by atoms with E-state index < -0.39 is 53.5 Å². The van der Waals surface area contributed by atoms with Crippen molar-refractivity contribution in [3.63, 3.8) is 0 Å². The number of nitrogens with zero attached hydrogens (tertiary/aromatic N) is 1. The van der Waals surface area contributed by atoms with Crippen molar-refractivity contribution in [3.8, 4) is 12.3 Å². The third-order valence-electron chi connectivity index (χ3n) is 6.25. The zero-order valence-corrected chi connectivity index (χ0v) is 22.4. The molecule has 0 unspecified atom stereocenters. The Morgan fingerprint density at radius 3 is 2.43 bits per heavy atom. The number of carbonyl (C=O) groups is 2. The quantitative estimate of drug-likeness (QED) is 0.202. The van der Waals surface area contributed by atoms with Crippen LogP contribution in [-0.2, 0) is 17.5 Å². The monoisotopic (exact) mass is 594 g/mol. The van der Waals surface area contributed by atoms with Gasteiger partial charge in [-0.15, -0.1) is 6.42 Å². The highest BCUT2D eigenvalue weighted by Crippen LogP contribution is 2.31. The van der Waals surface area contributed by atoms with Crippen molar-refractivity contribution in [2.45, 2.75) is 44.4 Å². The molecular weight excluding hydrogens is 566 g/mol. The van der Waals surface area contributed by atoms with E-state index in [4.69, 9.17) is 11.2 Å². The van der Waals surface area contributed by atoms with Crippen molar-refractivity contribution in [3.05, 3.63) is 89.1 Å². The van der Waals surface area contributed by atoms with E-state index in [0.29, 0.717) is 19.2 Å². The van der Waals surface area contributed by atoms with Gasteiger partial charge in [-0.3, -0.25) is 10.2 Å². The van der Waals surface area contributed by atoms with Crippen molar-refractivity contribution in [2.75, 3.05) is 18.4 Å². The fourth-order valence-corrected chi connectivity index (χ4v) is 4.23. The lowest BCUT2D eigenvalue weighted by Gasteiger charge is -2.38. The van der Waals surface area contributed by atoms with E-state index >= 15 is 0 Å². The molecular formula is C29H28F6N4O3. The predicted molar refractivity (Wildman–Crippen MR) is 144 cm³/mol. The number of nitrogens with one attached hydrogen (secondary N) is 3. The highest BCUT2D eigenvalue weighted by Gasteiger charge is 2.35. The summed E-state index contributed by atoms with van der Waals surface area (Å²) >= 11 is 0. The SMILES string of the molecule is C#C/C(=C\C(=C/C)C(F)(F)F)NC(=O)N[C@H]1CCN(Cc2ccccc2)C[C@@H]1OC(=O)Nc1cccc(C(F)(F)F)c1. The number of rotatable bonds is 7. The number of likely N-dealkylation sites (tertiary alicyclic amines) is 1. The first-order chi connectivity index (χ1) is 19.8. The first-order valence-electron chi connectivity index (χ1n) is 12.7. The number of piperidine rings is 1. The highest BCUT2D eigenvalue weighted by atomic mass is 19.4. The Labute approximate surface area is 238 Å². The average molecular weight is 595 g/mol. The second kappa shape index (κ2) is 14.0. The molecule has 1 aliphatic rings. The molecule has 0 saturated carbocycles. The lowest BCUT2D eigenvalue weighted by molar-refractivity contribution is -0.137. The van der Waals surface area contributed by atoms with Crippen molar-refractivity contribution in [1.82, 2.24) is 15.5 Å². The predicted octanol–water partition coefficient (Wildman–Crippen LogP) is 6.22. The minimum Gasteiger partial charge on any atom is -0.442 e. The van der Waals surface area contributed by atoms with E-state index in [9.17, 15) is 35.9 Å². The van der Waals surface area contributed by atoms with Crippen molar-refractivity contribution < 1.29 is 40.7 Å². The number of carbonyl (C=O) groups excluding carboxylic acids is 2. The molecule has 2 atom stereocenters. The Kier molecular flexibility index (Phi) is 10.7. The van der Waals surface area contributed by atoms with Gasteiger partial charge < -0.3 is 15.4 Å². The number of alkyl halides is 6. The minimum absolute atomic E-state index is 0.143. The standard InChI is InChI=1S/C29H28F6N4O3/c1-3-20(28(30,31)32)15-22(4-2)36-26(40)38-24-13-14-39(17-19-9-6-5-7-10-19)18-25(24)42-27(41)37-23-12-8-11-21(16-23)29(33,34)35/h2-3,5-12,15-16,24-25H,13-14,17-18H2,1H3,(H,37,41)(H2,36,38,40)/b20-3+,22-15+/t24-,25-/m0/s1. The number of hydrogen-bond donors (Lipinski definition) is 3. The maximum absolute atomic E-state index is 13.1. The Bertz CT molecular complexity index is 1350. The summed E-state index contributed by atoms with van der Waals surface area (Å²) in [6, 6.07) is 11.7. The third-order valence-corrected chi connectivity index (χ3v) is 6.25. The van der Waals surface area contributed by atoms with Gasteiger partial charge in [0.05, 0.1) is 22.9 Å². The van der Waals surface area contributed by atoms with Gasteiger partial charge in [-0.25, -0.2) is 9.59 Å². The fourth-order valence-electron chi connectivity index (χ4n) is 4.23. The summed E-state index contributed by atoms with van der Waals surface area (Å²) in [4.78, 5) is 27.4. The number of terminal acetylenes is 1. The van der Waals surface area contributed by atoms with Gasteiger partial charge in [-0.2, -0.15) is 26.3 Å². The molecule has 1 fully saturated rings. The van der Waals surface area contributed by atoms with Crippen LogP contribution in [0.1, 0.15) is 24.5 Å². The summed E-state index contributed by atoms with van der Waals surface area (Å²) in [5.41, 5.74) is -1.65. The van der Waals surface area contributed by atoms with Gasteiger partial charge in [0.15, 0.2) is 0 Å². The molecule has 0 aliphatic carbocycles. The lowest BCUT2D eigenvalue weighted by atomic mass is 10.0. The lowest BCUT2D eigenvalue weighted by Crippen LogP contribution is -2.57. The zero-order chi connectivity index (χ0) is 30.9. The number of anilines is 1. The van der Waals surface area contributed by atoms with Gasteiger partial charge in [0.2, 0.25) is 0 Å². The average Bonchev–Trinajstić information content (AvgIpc) is 2.92. The van der Waals surface area contributed by atoms with E-state index in [1.165, 1.54) is 13.0 Å². The molecule has 2 aromatic carbocycles. The number of urea groups is 1. The van der Waals surface area contributed by atoms with Crippen molar-refractivity contribution >= 4 is 17.8 Å². The number of benzene rings is 2. The molecule has 42 heavy (non-hydrogen) atoms. The Hall–Kier alpha value is -4.44. The molecule has 0 aromatic heterocycles. The van der Waals surface area contributed by atoms with Crippen LogP contribution in [0.15, 0.2) is 78.0 Å². The number of ether oxygens (including phenoxy) is 1. The van der Waals surface area contributed by atoms with Crippen LogP contribution >= 0.6 is 0 Å². The largest absolute Gasteiger partial charge is 0.442 e. The number of amides is 3. The van der Waals surface area contributed by atoms with E-state index in [1.807, 2.05) is 41.2 Å². The van der Waals surface area contributed by atoms with E-state index in [1.54, 1.807) is 0 Å². The van der Waals surface area contributed by atoms with Crippen LogP contribution in [0.4, 0.5) is 41.6 Å². The summed E-state index contributed by atoms with van der Waals surface area (Å²) in [5, 5.41) is 7.04. The summed E-state index contributed by atoms with van der Waals surface area (Å²) < 4.78 is 84.0. The van der Waals surface area contributed by atoms with Gasteiger partial charge in [-0.1, -0.05) is 48.4 Å². The van der Waals surface area contributed by atoms with Crippen LogP contribution in [0, 0.1) is 12.3 Å². The molecule has 1 saturated heterocycles. The van der Waals surface area contributed by atoms with Crippen LogP contribution in [-0.4, -0.2) is 48.4 Å². The Morgan fingerprint density at radius 1 is 1.10 bits per heavy atom. The van der Waals surface area contributed by atoms with Gasteiger partial charge in [0.25, 0.3) is 0 Å². The molecule has 224 valence electrons. The van der Waals surface area contributed by atoms with E-state index in [-0.39, 0.29) is 18.7 Å². The molecule has 7 nitrogen and oxygen atoms in total. The van der Waals surface area contributed by atoms with Crippen LogP contribution < -0.4 is 16.0 Å². The van der Waals surface area contributed by atoms with Crippen molar-refractivity contribution in [1.29, 1.82) is 0 Å². The summed E-state index contributed by atoms with van der Waals surface area (Å²) in [5.74, 6) is 1.99.